The molecule has 0 spiro atoms. The van der Waals surface area contributed by atoms with Crippen LogP contribution in [0.1, 0.15) is 57.0 Å². The summed E-state index contributed by atoms with van der Waals surface area (Å²) >= 11 is 0. The third-order valence-corrected chi connectivity index (χ3v) is 6.79. The smallest absolute Gasteiger partial charge is 0.337 e. The molecule has 1 saturated carbocycles. The molecule has 0 amide bonds. The summed E-state index contributed by atoms with van der Waals surface area (Å²) in [7, 11) is 2.04. The first-order valence-electron chi connectivity index (χ1n) is 11.4. The van der Waals surface area contributed by atoms with Crippen molar-refractivity contribution >= 4 is 28.8 Å². The third-order valence-electron chi connectivity index (χ3n) is 6.79. The van der Waals surface area contributed by atoms with Gasteiger partial charge < -0.3 is 15.3 Å². The number of hydrogen-bond donors (Lipinski definition) is 2. The van der Waals surface area contributed by atoms with Gasteiger partial charge in [-0.1, -0.05) is 6.07 Å². The molecule has 1 aromatic heterocycles. The Hall–Kier alpha value is -3.67. The summed E-state index contributed by atoms with van der Waals surface area (Å²) in [4.78, 5) is 29.9. The van der Waals surface area contributed by atoms with Gasteiger partial charge in [0, 0.05) is 48.6 Å². The quantitative estimate of drug-likeness (QED) is 0.463. The van der Waals surface area contributed by atoms with Gasteiger partial charge >= 0.3 is 5.97 Å². The second-order valence-corrected chi connectivity index (χ2v) is 8.97. The molecule has 2 aliphatic carbocycles. The van der Waals surface area contributed by atoms with Crippen LogP contribution in [0, 0.1) is 5.92 Å². The first-order chi connectivity index (χ1) is 16.0. The summed E-state index contributed by atoms with van der Waals surface area (Å²) in [5.74, 6) is -0.122. The fourth-order valence-corrected chi connectivity index (χ4v) is 4.65. The molecule has 2 aromatic carbocycles. The highest BCUT2D eigenvalue weighted by Gasteiger charge is 2.30. The van der Waals surface area contributed by atoms with Crippen LogP contribution in [-0.4, -0.2) is 35.4 Å². The van der Waals surface area contributed by atoms with E-state index in [4.69, 9.17) is 0 Å². The Morgan fingerprint density at radius 3 is 2.55 bits per heavy atom. The van der Waals surface area contributed by atoms with Crippen molar-refractivity contribution in [3.63, 3.8) is 0 Å². The second-order valence-electron chi connectivity index (χ2n) is 8.97. The molecule has 3 aromatic rings. The Balaban J connectivity index is 1.27. The van der Waals surface area contributed by atoms with Crippen LogP contribution in [0.25, 0.3) is 0 Å². The van der Waals surface area contributed by atoms with Crippen LogP contribution in [0.15, 0.2) is 60.9 Å². The minimum Gasteiger partial charge on any atom is -0.478 e. The lowest BCUT2D eigenvalue weighted by Crippen LogP contribution is -2.14. The van der Waals surface area contributed by atoms with Gasteiger partial charge in [0.05, 0.1) is 17.4 Å². The topological polar surface area (TPSA) is 82.5 Å². The number of carbonyl (C=O) groups excluding carboxylic acids is 1. The fourth-order valence-electron chi connectivity index (χ4n) is 4.65. The summed E-state index contributed by atoms with van der Waals surface area (Å²) in [6.45, 7) is 0.671. The van der Waals surface area contributed by atoms with Crippen LogP contribution in [0.2, 0.25) is 0 Å². The maximum absolute atomic E-state index is 12.3. The molecule has 6 heteroatoms. The predicted octanol–water partition coefficient (Wildman–Crippen LogP) is 5.28. The van der Waals surface area contributed by atoms with Crippen LogP contribution >= 0.6 is 0 Å². The van der Waals surface area contributed by atoms with Gasteiger partial charge in [-0.2, -0.15) is 0 Å². The minimum atomic E-state index is -0.954. The number of Topliss-reactive ketones (excluding diaryl/α,β-unsaturated/α-hetero) is 1. The Bertz CT molecular complexity index is 1200. The number of carbonyl (C=O) groups is 2. The molecule has 1 fully saturated rings. The van der Waals surface area contributed by atoms with E-state index in [1.807, 2.05) is 31.3 Å². The molecule has 6 nitrogen and oxygen atoms in total. The number of carboxylic acids is 1. The minimum absolute atomic E-state index is 0.238. The number of carboxylic acid groups (broad SMARTS) is 1. The van der Waals surface area contributed by atoms with E-state index >= 15 is 0 Å². The molecule has 0 aliphatic heterocycles. The molecule has 33 heavy (non-hydrogen) atoms. The van der Waals surface area contributed by atoms with Crippen molar-refractivity contribution in [3.05, 3.63) is 83.2 Å². The van der Waals surface area contributed by atoms with Crippen molar-refractivity contribution in [2.75, 3.05) is 23.8 Å². The predicted molar refractivity (Wildman–Crippen MR) is 129 cm³/mol. The number of ketones is 1. The van der Waals surface area contributed by atoms with Crippen molar-refractivity contribution in [1.29, 1.82) is 0 Å². The molecule has 5 rings (SSSR count). The highest BCUT2D eigenvalue weighted by atomic mass is 16.4. The molecular formula is C27H27N3O3. The average Bonchev–Trinajstić information content (AvgIpc) is 3.62. The number of pyridine rings is 1. The summed E-state index contributed by atoms with van der Waals surface area (Å²) < 4.78 is 0. The molecule has 2 N–H and O–H groups in total. The summed E-state index contributed by atoms with van der Waals surface area (Å²) in [5, 5.41) is 12.7. The summed E-state index contributed by atoms with van der Waals surface area (Å²) in [6.07, 6.45) is 7.13. The molecular weight excluding hydrogens is 414 g/mol. The second kappa shape index (κ2) is 8.70. The maximum atomic E-state index is 12.3. The largest absolute Gasteiger partial charge is 0.478 e. The van der Waals surface area contributed by atoms with Crippen molar-refractivity contribution in [3.8, 4) is 0 Å². The van der Waals surface area contributed by atoms with E-state index in [-0.39, 0.29) is 17.3 Å². The Morgan fingerprint density at radius 1 is 1.06 bits per heavy atom. The number of aromatic carboxylic acids is 1. The number of hydrogen-bond acceptors (Lipinski definition) is 5. The van der Waals surface area contributed by atoms with E-state index in [1.54, 1.807) is 6.20 Å². The van der Waals surface area contributed by atoms with E-state index in [0.29, 0.717) is 18.2 Å². The van der Waals surface area contributed by atoms with Crippen molar-refractivity contribution in [1.82, 2.24) is 4.98 Å². The first-order valence-corrected chi connectivity index (χ1v) is 11.4. The van der Waals surface area contributed by atoms with Gasteiger partial charge in [0.2, 0.25) is 0 Å². The lowest BCUT2D eigenvalue weighted by molar-refractivity contribution is 0.0697. The van der Waals surface area contributed by atoms with Crippen LogP contribution in [0.4, 0.5) is 17.1 Å². The van der Waals surface area contributed by atoms with Crippen molar-refractivity contribution in [2.45, 2.75) is 31.6 Å². The Labute approximate surface area is 193 Å². The van der Waals surface area contributed by atoms with Gasteiger partial charge in [-0.25, -0.2) is 4.79 Å². The van der Waals surface area contributed by atoms with Gasteiger partial charge in [0.1, 0.15) is 0 Å². The number of rotatable bonds is 8. The normalized spacial score (nSPS) is 16.8. The number of nitrogens with zero attached hydrogens (tertiary/aromatic N) is 2. The van der Waals surface area contributed by atoms with E-state index in [0.717, 1.165) is 42.6 Å². The summed E-state index contributed by atoms with van der Waals surface area (Å²) in [5.41, 5.74) is 6.41. The zero-order valence-corrected chi connectivity index (χ0v) is 18.6. The Kier molecular flexibility index (Phi) is 5.58. The molecule has 0 saturated heterocycles. The molecule has 168 valence electrons. The van der Waals surface area contributed by atoms with Gasteiger partial charge in [-0.15, -0.1) is 0 Å². The number of anilines is 3. The van der Waals surface area contributed by atoms with E-state index < -0.39 is 5.97 Å². The van der Waals surface area contributed by atoms with E-state index in [9.17, 15) is 14.7 Å². The van der Waals surface area contributed by atoms with Crippen LogP contribution < -0.4 is 10.2 Å². The monoisotopic (exact) mass is 441 g/mol. The van der Waals surface area contributed by atoms with Gasteiger partial charge in [0.25, 0.3) is 0 Å². The number of benzene rings is 2. The van der Waals surface area contributed by atoms with Crippen LogP contribution in [0.3, 0.4) is 0 Å². The lowest BCUT2D eigenvalue weighted by Gasteiger charge is -2.21. The van der Waals surface area contributed by atoms with Gasteiger partial charge in [-0.05, 0) is 79.3 Å². The van der Waals surface area contributed by atoms with Crippen molar-refractivity contribution in [2.24, 2.45) is 5.92 Å². The van der Waals surface area contributed by atoms with E-state index in [2.05, 4.69) is 33.4 Å². The van der Waals surface area contributed by atoms with Gasteiger partial charge in [0.15, 0.2) is 5.78 Å². The standard InChI is InChI=1S/C27H27N3O3/c1-30(21-8-6-18(7-9-21)26(31)17-2-3-17)22-10-11-23-19(14-22)4-5-20(23)15-29-25-16-28-13-12-24(25)27(32)33/h6-14,16-17,20,29H,2-5,15H2,1H3,(H,32,33)/t20-/m0/s1. The van der Waals surface area contributed by atoms with Crippen LogP contribution in [-0.2, 0) is 6.42 Å². The number of nitrogens with one attached hydrogen (secondary N) is 1. The number of aryl methyl sites for hydroxylation is 1. The zero-order valence-electron chi connectivity index (χ0n) is 18.6. The molecule has 1 heterocycles. The molecule has 1 atom stereocenters. The average molecular weight is 442 g/mol. The highest BCUT2D eigenvalue weighted by Crippen LogP contribution is 2.37. The molecule has 0 bridgehead atoms. The Morgan fingerprint density at radius 2 is 1.82 bits per heavy atom. The first kappa shape index (κ1) is 21.2. The van der Waals surface area contributed by atoms with Crippen LogP contribution in [0.5, 0.6) is 0 Å². The maximum Gasteiger partial charge on any atom is 0.337 e. The summed E-state index contributed by atoms with van der Waals surface area (Å²) in [6, 6.07) is 16.0. The molecule has 0 unspecified atom stereocenters. The number of aromatic nitrogens is 1. The highest BCUT2D eigenvalue weighted by molar-refractivity contribution is 5.99. The van der Waals surface area contributed by atoms with Crippen molar-refractivity contribution < 1.29 is 14.7 Å². The fraction of sp³-hybridized carbons (Fsp3) is 0.296. The lowest BCUT2D eigenvalue weighted by atomic mass is 10.0. The van der Waals surface area contributed by atoms with Gasteiger partial charge in [-0.3, -0.25) is 9.78 Å². The third kappa shape index (κ3) is 4.33. The SMILES string of the molecule is CN(c1ccc(C(=O)C2CC2)cc1)c1ccc2c(c1)CC[C@H]2CNc1cnccc1C(=O)O. The number of fused-ring (bicyclic) bond motifs is 1. The molecule has 2 aliphatic rings. The zero-order chi connectivity index (χ0) is 22.9. The molecule has 0 radical (unpaired) electrons. The van der Waals surface area contributed by atoms with E-state index in [1.165, 1.54) is 23.4 Å².